The van der Waals surface area contributed by atoms with Gasteiger partial charge < -0.3 is 11.1 Å². The summed E-state index contributed by atoms with van der Waals surface area (Å²) >= 11 is 0. The molecule has 5 heteroatoms. The summed E-state index contributed by atoms with van der Waals surface area (Å²) in [7, 11) is 0. The second-order valence-corrected chi connectivity index (χ2v) is 2.92. The van der Waals surface area contributed by atoms with Crippen molar-refractivity contribution in [3.8, 4) is 0 Å². The molecule has 0 aliphatic carbocycles. The molecule has 1 aromatic heterocycles. The molecular formula is C8H13FN4. The van der Waals surface area contributed by atoms with Gasteiger partial charge in [-0.05, 0) is 13.3 Å². The van der Waals surface area contributed by atoms with E-state index in [1.165, 1.54) is 0 Å². The zero-order valence-electron chi connectivity index (χ0n) is 7.50. The molecule has 0 saturated heterocycles. The standard InChI is InChI=1S/C8H13FN4/c1-6(10)2-3-11-8-12-4-7(9)5-13-8/h4-6H,2-3,10H2,1H3,(H,11,12,13). The summed E-state index contributed by atoms with van der Waals surface area (Å²) in [4.78, 5) is 7.47. The highest BCUT2D eigenvalue weighted by molar-refractivity contribution is 5.21. The molecule has 1 atom stereocenters. The lowest BCUT2D eigenvalue weighted by Crippen LogP contribution is -2.19. The van der Waals surface area contributed by atoms with Gasteiger partial charge in [0.15, 0.2) is 5.82 Å². The van der Waals surface area contributed by atoms with Crippen molar-refractivity contribution in [3.05, 3.63) is 18.2 Å². The molecule has 0 aliphatic rings. The summed E-state index contributed by atoms with van der Waals surface area (Å²) in [5.41, 5.74) is 5.54. The Labute approximate surface area is 76.4 Å². The number of hydrogen-bond acceptors (Lipinski definition) is 4. The minimum Gasteiger partial charge on any atom is -0.354 e. The summed E-state index contributed by atoms with van der Waals surface area (Å²) < 4.78 is 12.4. The van der Waals surface area contributed by atoms with Crippen LogP contribution in [0.3, 0.4) is 0 Å². The third-order valence-corrected chi connectivity index (χ3v) is 1.50. The summed E-state index contributed by atoms with van der Waals surface area (Å²) in [6.07, 6.45) is 3.09. The first-order chi connectivity index (χ1) is 6.18. The molecule has 1 aromatic rings. The Morgan fingerprint density at radius 3 is 2.69 bits per heavy atom. The van der Waals surface area contributed by atoms with Crippen molar-refractivity contribution in [2.45, 2.75) is 19.4 Å². The minimum absolute atomic E-state index is 0.146. The normalized spacial score (nSPS) is 12.5. The number of nitrogens with two attached hydrogens (primary N) is 1. The Bertz CT molecular complexity index is 247. The third-order valence-electron chi connectivity index (χ3n) is 1.50. The van der Waals surface area contributed by atoms with Gasteiger partial charge in [0.25, 0.3) is 0 Å². The van der Waals surface area contributed by atoms with E-state index in [1.54, 1.807) is 0 Å². The largest absolute Gasteiger partial charge is 0.354 e. The maximum absolute atomic E-state index is 12.4. The van der Waals surface area contributed by atoms with Crippen molar-refractivity contribution < 1.29 is 4.39 Å². The smallest absolute Gasteiger partial charge is 0.222 e. The van der Waals surface area contributed by atoms with E-state index in [2.05, 4.69) is 15.3 Å². The average Bonchev–Trinajstić information content (AvgIpc) is 2.08. The maximum atomic E-state index is 12.4. The zero-order chi connectivity index (χ0) is 9.68. The van der Waals surface area contributed by atoms with Crippen LogP contribution in [0.4, 0.5) is 10.3 Å². The van der Waals surface area contributed by atoms with Gasteiger partial charge in [-0.1, -0.05) is 0 Å². The van der Waals surface area contributed by atoms with Crippen LogP contribution < -0.4 is 11.1 Å². The van der Waals surface area contributed by atoms with Crippen LogP contribution in [0.5, 0.6) is 0 Å². The molecule has 0 aromatic carbocycles. The second-order valence-electron chi connectivity index (χ2n) is 2.92. The van der Waals surface area contributed by atoms with E-state index in [4.69, 9.17) is 5.73 Å². The van der Waals surface area contributed by atoms with Gasteiger partial charge in [0.05, 0.1) is 12.4 Å². The number of aromatic nitrogens is 2. The van der Waals surface area contributed by atoms with Crippen LogP contribution in [0, 0.1) is 5.82 Å². The van der Waals surface area contributed by atoms with Crippen LogP contribution in [-0.4, -0.2) is 22.6 Å². The highest BCUT2D eigenvalue weighted by Crippen LogP contribution is 1.98. The zero-order valence-corrected chi connectivity index (χ0v) is 7.50. The van der Waals surface area contributed by atoms with E-state index >= 15 is 0 Å². The fourth-order valence-electron chi connectivity index (χ4n) is 0.815. The number of nitrogens with zero attached hydrogens (tertiary/aromatic N) is 2. The van der Waals surface area contributed by atoms with E-state index in [1.807, 2.05) is 6.92 Å². The van der Waals surface area contributed by atoms with Crippen LogP contribution in [0.15, 0.2) is 12.4 Å². The molecule has 0 amide bonds. The summed E-state index contributed by atoms with van der Waals surface area (Å²) in [5.74, 6) is -0.000192. The predicted molar refractivity (Wildman–Crippen MR) is 48.7 cm³/mol. The Hall–Kier alpha value is -1.23. The SMILES string of the molecule is CC(N)CCNc1ncc(F)cn1. The van der Waals surface area contributed by atoms with E-state index in [-0.39, 0.29) is 6.04 Å². The fraction of sp³-hybridized carbons (Fsp3) is 0.500. The van der Waals surface area contributed by atoms with Crippen molar-refractivity contribution in [2.75, 3.05) is 11.9 Å². The van der Waals surface area contributed by atoms with E-state index < -0.39 is 5.82 Å². The molecule has 0 saturated carbocycles. The fourth-order valence-corrected chi connectivity index (χ4v) is 0.815. The monoisotopic (exact) mass is 184 g/mol. The van der Waals surface area contributed by atoms with Crippen molar-refractivity contribution in [1.29, 1.82) is 0 Å². The average molecular weight is 184 g/mol. The number of nitrogens with one attached hydrogen (secondary N) is 1. The number of rotatable bonds is 4. The highest BCUT2D eigenvalue weighted by atomic mass is 19.1. The maximum Gasteiger partial charge on any atom is 0.222 e. The molecule has 72 valence electrons. The molecule has 0 fully saturated rings. The highest BCUT2D eigenvalue weighted by Gasteiger charge is 1.97. The van der Waals surface area contributed by atoms with Crippen LogP contribution in [0.1, 0.15) is 13.3 Å². The second kappa shape index (κ2) is 4.71. The number of halogens is 1. The van der Waals surface area contributed by atoms with Crippen LogP contribution in [0.25, 0.3) is 0 Å². The Morgan fingerprint density at radius 1 is 1.54 bits per heavy atom. The van der Waals surface area contributed by atoms with Gasteiger partial charge in [-0.3, -0.25) is 0 Å². The topological polar surface area (TPSA) is 63.8 Å². The Balaban J connectivity index is 2.33. The molecule has 1 unspecified atom stereocenters. The van der Waals surface area contributed by atoms with E-state index in [9.17, 15) is 4.39 Å². The van der Waals surface area contributed by atoms with Crippen LogP contribution in [0.2, 0.25) is 0 Å². The van der Waals surface area contributed by atoms with E-state index in [0.29, 0.717) is 12.5 Å². The van der Waals surface area contributed by atoms with Gasteiger partial charge in [0.2, 0.25) is 5.95 Å². The van der Waals surface area contributed by atoms with Crippen molar-refractivity contribution >= 4 is 5.95 Å². The summed E-state index contributed by atoms with van der Waals surface area (Å²) in [6, 6.07) is 0.146. The van der Waals surface area contributed by atoms with Gasteiger partial charge in [-0.25, -0.2) is 14.4 Å². The van der Waals surface area contributed by atoms with E-state index in [0.717, 1.165) is 18.8 Å². The van der Waals surface area contributed by atoms with Crippen molar-refractivity contribution in [2.24, 2.45) is 5.73 Å². The lowest BCUT2D eigenvalue weighted by molar-refractivity contribution is 0.613. The molecule has 0 radical (unpaired) electrons. The molecule has 13 heavy (non-hydrogen) atoms. The van der Waals surface area contributed by atoms with Gasteiger partial charge in [0, 0.05) is 12.6 Å². The first kappa shape index (κ1) is 9.85. The third kappa shape index (κ3) is 3.80. The molecule has 3 N–H and O–H groups in total. The molecule has 0 bridgehead atoms. The predicted octanol–water partition coefficient (Wildman–Crippen LogP) is 0.765. The van der Waals surface area contributed by atoms with Crippen molar-refractivity contribution in [1.82, 2.24) is 9.97 Å². The molecular weight excluding hydrogens is 171 g/mol. The quantitative estimate of drug-likeness (QED) is 0.725. The van der Waals surface area contributed by atoms with Gasteiger partial charge in [-0.15, -0.1) is 0 Å². The molecule has 4 nitrogen and oxygen atoms in total. The van der Waals surface area contributed by atoms with Gasteiger partial charge in [-0.2, -0.15) is 0 Å². The Kier molecular flexibility index (Phi) is 3.57. The molecule has 1 rings (SSSR count). The van der Waals surface area contributed by atoms with Crippen molar-refractivity contribution in [3.63, 3.8) is 0 Å². The number of anilines is 1. The van der Waals surface area contributed by atoms with Gasteiger partial charge in [0.1, 0.15) is 0 Å². The van der Waals surface area contributed by atoms with Gasteiger partial charge >= 0.3 is 0 Å². The first-order valence-electron chi connectivity index (χ1n) is 4.15. The van der Waals surface area contributed by atoms with Crippen LogP contribution >= 0.6 is 0 Å². The Morgan fingerprint density at radius 2 is 2.15 bits per heavy atom. The number of hydrogen-bond donors (Lipinski definition) is 2. The lowest BCUT2D eigenvalue weighted by atomic mass is 10.2. The van der Waals surface area contributed by atoms with Crippen LogP contribution in [-0.2, 0) is 0 Å². The minimum atomic E-state index is -0.433. The summed E-state index contributed by atoms with van der Waals surface area (Å²) in [6.45, 7) is 2.62. The lowest BCUT2D eigenvalue weighted by Gasteiger charge is -2.05. The molecule has 0 spiro atoms. The molecule has 0 aliphatic heterocycles. The summed E-state index contributed by atoms with van der Waals surface area (Å²) in [5, 5.41) is 2.93. The molecule has 1 heterocycles. The first-order valence-corrected chi connectivity index (χ1v) is 4.15.